The number of carbonyl (C=O) groups excluding carboxylic acids is 2. The van der Waals surface area contributed by atoms with Crippen molar-refractivity contribution in [3.8, 4) is 16.9 Å². The summed E-state index contributed by atoms with van der Waals surface area (Å²) in [4.78, 5) is 34.0. The van der Waals surface area contributed by atoms with Crippen molar-refractivity contribution >= 4 is 11.8 Å². The zero-order valence-electron chi connectivity index (χ0n) is 18.2. The molecule has 1 aromatic heterocycles. The Balaban J connectivity index is 1.57. The third kappa shape index (κ3) is 4.80. The first-order valence-corrected chi connectivity index (χ1v) is 10.9. The average Bonchev–Trinajstić information content (AvgIpc) is 2.85. The maximum Gasteiger partial charge on any atom is 0.261 e. The van der Waals surface area contributed by atoms with E-state index in [1.807, 2.05) is 78.6 Å². The van der Waals surface area contributed by atoms with E-state index in [-0.39, 0.29) is 18.4 Å². The number of piperazine rings is 1. The summed E-state index contributed by atoms with van der Waals surface area (Å²) in [5.41, 5.74) is 3.11. The number of rotatable bonds is 7. The van der Waals surface area contributed by atoms with Gasteiger partial charge in [-0.15, -0.1) is 0 Å². The molecule has 6 nitrogen and oxygen atoms in total. The summed E-state index contributed by atoms with van der Waals surface area (Å²) in [5.74, 6) is 0.444. The Morgan fingerprint density at radius 3 is 2.47 bits per heavy atom. The fourth-order valence-electron chi connectivity index (χ4n) is 4.11. The monoisotopic (exact) mass is 429 g/mol. The van der Waals surface area contributed by atoms with Gasteiger partial charge in [-0.1, -0.05) is 42.5 Å². The number of carbonyl (C=O) groups is 2. The first-order chi connectivity index (χ1) is 15.7. The summed E-state index contributed by atoms with van der Waals surface area (Å²) in [6, 6.07) is 20.6. The Morgan fingerprint density at radius 1 is 1.00 bits per heavy atom. The maximum atomic E-state index is 13.3. The lowest BCUT2D eigenvalue weighted by Gasteiger charge is -2.40. The molecule has 1 fully saturated rings. The minimum Gasteiger partial charge on any atom is -0.484 e. The summed E-state index contributed by atoms with van der Waals surface area (Å²) in [7, 11) is 0. The van der Waals surface area contributed by atoms with Crippen molar-refractivity contribution in [1.29, 1.82) is 0 Å². The second-order valence-electron chi connectivity index (χ2n) is 7.72. The molecule has 0 saturated carbocycles. The normalized spacial score (nSPS) is 16.2. The molecule has 1 aliphatic heterocycles. The molecule has 0 spiro atoms. The van der Waals surface area contributed by atoms with Gasteiger partial charge in [0.2, 0.25) is 5.91 Å². The number of ether oxygens (including phenoxy) is 1. The van der Waals surface area contributed by atoms with Gasteiger partial charge in [0.1, 0.15) is 11.8 Å². The molecule has 1 aliphatic rings. The molecule has 3 aromatic rings. The van der Waals surface area contributed by atoms with Crippen LogP contribution < -0.4 is 4.74 Å². The molecule has 1 saturated heterocycles. The van der Waals surface area contributed by atoms with Crippen LogP contribution in [0.1, 0.15) is 12.5 Å². The van der Waals surface area contributed by atoms with E-state index in [4.69, 9.17) is 4.74 Å². The van der Waals surface area contributed by atoms with E-state index in [1.165, 1.54) is 0 Å². The van der Waals surface area contributed by atoms with Crippen molar-refractivity contribution < 1.29 is 14.3 Å². The van der Waals surface area contributed by atoms with Gasteiger partial charge in [0.05, 0.1) is 0 Å². The van der Waals surface area contributed by atoms with E-state index in [9.17, 15) is 9.59 Å². The van der Waals surface area contributed by atoms with Crippen LogP contribution in [-0.2, 0) is 16.0 Å². The Labute approximate surface area is 188 Å². The van der Waals surface area contributed by atoms with Crippen LogP contribution in [0.4, 0.5) is 0 Å². The maximum absolute atomic E-state index is 13.3. The summed E-state index contributed by atoms with van der Waals surface area (Å²) >= 11 is 0. The summed E-state index contributed by atoms with van der Waals surface area (Å²) in [6.07, 6.45) is 3.96. The van der Waals surface area contributed by atoms with Gasteiger partial charge >= 0.3 is 0 Å². The van der Waals surface area contributed by atoms with Crippen LogP contribution in [0.5, 0.6) is 5.75 Å². The average molecular weight is 430 g/mol. The van der Waals surface area contributed by atoms with E-state index in [0.29, 0.717) is 31.8 Å². The van der Waals surface area contributed by atoms with E-state index in [1.54, 1.807) is 17.3 Å². The number of para-hydroxylation sites is 1. The molecular formula is C26H27N3O3. The standard InChI is InChI=1S/C26H27N3O3/c1-2-28-16-17-29(25(30)19-32-22-9-4-3-5-10-22)24(26(28)31)18-21-8-6-7-11-23(21)20-12-14-27-15-13-20/h3-15,24H,2,16-19H2,1H3/t24-/m0/s1. The predicted molar refractivity (Wildman–Crippen MR) is 123 cm³/mol. The van der Waals surface area contributed by atoms with Crippen molar-refractivity contribution in [3.63, 3.8) is 0 Å². The molecule has 0 unspecified atom stereocenters. The van der Waals surface area contributed by atoms with Gasteiger partial charge in [0.15, 0.2) is 6.61 Å². The van der Waals surface area contributed by atoms with E-state index in [2.05, 4.69) is 4.98 Å². The molecule has 4 rings (SSSR count). The Hall–Kier alpha value is -3.67. The Kier molecular flexibility index (Phi) is 6.80. The summed E-state index contributed by atoms with van der Waals surface area (Å²) in [5, 5.41) is 0. The number of aromatic nitrogens is 1. The molecule has 6 heteroatoms. The van der Waals surface area contributed by atoms with Crippen LogP contribution >= 0.6 is 0 Å². The van der Waals surface area contributed by atoms with Gasteiger partial charge in [-0.3, -0.25) is 14.6 Å². The molecule has 0 radical (unpaired) electrons. The number of hydrogen-bond acceptors (Lipinski definition) is 4. The summed E-state index contributed by atoms with van der Waals surface area (Å²) in [6.45, 7) is 3.54. The zero-order chi connectivity index (χ0) is 22.3. The van der Waals surface area contributed by atoms with Gasteiger partial charge in [0.25, 0.3) is 5.91 Å². The fourth-order valence-corrected chi connectivity index (χ4v) is 4.11. The molecule has 2 amide bonds. The van der Waals surface area contributed by atoms with Crippen LogP contribution in [0.2, 0.25) is 0 Å². The molecule has 2 aromatic carbocycles. The minimum atomic E-state index is -0.557. The van der Waals surface area contributed by atoms with Gasteiger partial charge in [0, 0.05) is 38.4 Å². The topological polar surface area (TPSA) is 62.7 Å². The molecule has 0 aliphatic carbocycles. The van der Waals surface area contributed by atoms with Crippen molar-refractivity contribution in [2.45, 2.75) is 19.4 Å². The van der Waals surface area contributed by atoms with E-state index < -0.39 is 6.04 Å². The van der Waals surface area contributed by atoms with Crippen molar-refractivity contribution in [3.05, 3.63) is 84.7 Å². The minimum absolute atomic E-state index is 0.0173. The zero-order valence-corrected chi connectivity index (χ0v) is 18.2. The molecule has 32 heavy (non-hydrogen) atoms. The van der Waals surface area contributed by atoms with Crippen LogP contribution in [0, 0.1) is 0 Å². The van der Waals surface area contributed by atoms with Crippen LogP contribution in [0.3, 0.4) is 0 Å². The number of likely N-dealkylation sites (N-methyl/N-ethyl adjacent to an activating group) is 1. The third-order valence-corrected chi connectivity index (χ3v) is 5.81. The quantitative estimate of drug-likeness (QED) is 0.577. The largest absolute Gasteiger partial charge is 0.484 e. The molecule has 1 atom stereocenters. The smallest absolute Gasteiger partial charge is 0.261 e. The predicted octanol–water partition coefficient (Wildman–Crippen LogP) is 3.43. The second kappa shape index (κ2) is 10.1. The second-order valence-corrected chi connectivity index (χ2v) is 7.72. The van der Waals surface area contributed by atoms with Crippen LogP contribution in [0.15, 0.2) is 79.1 Å². The van der Waals surface area contributed by atoms with Crippen molar-refractivity contribution in [2.75, 3.05) is 26.2 Å². The molecule has 2 heterocycles. The van der Waals surface area contributed by atoms with Gasteiger partial charge in [-0.05, 0) is 47.9 Å². The number of benzene rings is 2. The lowest BCUT2D eigenvalue weighted by Crippen LogP contribution is -2.60. The highest BCUT2D eigenvalue weighted by molar-refractivity contribution is 5.90. The highest BCUT2D eigenvalue weighted by Crippen LogP contribution is 2.26. The number of hydrogen-bond donors (Lipinski definition) is 0. The molecular weight excluding hydrogens is 402 g/mol. The Morgan fingerprint density at radius 2 is 1.72 bits per heavy atom. The molecule has 164 valence electrons. The number of nitrogens with zero attached hydrogens (tertiary/aromatic N) is 3. The Bertz CT molecular complexity index is 1060. The SMILES string of the molecule is CCN1CCN(C(=O)COc2ccccc2)[C@@H](Cc2ccccc2-c2ccncc2)C1=O. The van der Waals surface area contributed by atoms with Gasteiger partial charge < -0.3 is 14.5 Å². The van der Waals surface area contributed by atoms with Crippen molar-refractivity contribution in [1.82, 2.24) is 14.8 Å². The first kappa shape index (κ1) is 21.6. The van der Waals surface area contributed by atoms with Crippen molar-refractivity contribution in [2.24, 2.45) is 0 Å². The van der Waals surface area contributed by atoms with E-state index >= 15 is 0 Å². The molecule has 0 bridgehead atoms. The third-order valence-electron chi connectivity index (χ3n) is 5.81. The number of pyridine rings is 1. The van der Waals surface area contributed by atoms with E-state index in [0.717, 1.165) is 16.7 Å². The highest BCUT2D eigenvalue weighted by Gasteiger charge is 2.37. The lowest BCUT2D eigenvalue weighted by molar-refractivity contribution is -0.152. The van der Waals surface area contributed by atoms with Crippen LogP contribution in [0.25, 0.3) is 11.1 Å². The highest BCUT2D eigenvalue weighted by atomic mass is 16.5. The summed E-state index contributed by atoms with van der Waals surface area (Å²) < 4.78 is 5.68. The first-order valence-electron chi connectivity index (χ1n) is 10.9. The van der Waals surface area contributed by atoms with Gasteiger partial charge in [-0.25, -0.2) is 0 Å². The number of amides is 2. The molecule has 0 N–H and O–H groups in total. The van der Waals surface area contributed by atoms with Gasteiger partial charge in [-0.2, -0.15) is 0 Å². The van der Waals surface area contributed by atoms with Crippen LogP contribution in [-0.4, -0.2) is 58.9 Å². The fraction of sp³-hybridized carbons (Fsp3) is 0.269. The lowest BCUT2D eigenvalue weighted by atomic mass is 9.93.